The number of hydrogen-bond donors (Lipinski definition) is 2. The van der Waals surface area contributed by atoms with Crippen LogP contribution in [0.2, 0.25) is 0 Å². The first-order valence-corrected chi connectivity index (χ1v) is 10.8. The fourth-order valence-corrected chi connectivity index (χ4v) is 4.46. The molecule has 1 atom stereocenters. The Hall–Kier alpha value is -2.67. The molecule has 2 aromatic rings. The lowest BCUT2D eigenvalue weighted by molar-refractivity contribution is -0.121. The summed E-state index contributed by atoms with van der Waals surface area (Å²) in [5, 5.41) is 7.76. The maximum absolute atomic E-state index is 13.2. The first-order valence-electron chi connectivity index (χ1n) is 9.90. The molecule has 2 N–H and O–H groups in total. The number of amides is 3. The second-order valence-electron chi connectivity index (χ2n) is 7.55. The number of rotatable bonds is 6. The quantitative estimate of drug-likeness (QED) is 0.762. The Morgan fingerprint density at radius 1 is 1.14 bits per heavy atom. The van der Waals surface area contributed by atoms with Crippen molar-refractivity contribution in [3.05, 3.63) is 51.7 Å². The summed E-state index contributed by atoms with van der Waals surface area (Å²) in [5.41, 5.74) is 2.34. The highest BCUT2D eigenvalue weighted by atomic mass is 32.1. The van der Waals surface area contributed by atoms with Crippen LogP contribution in [0.4, 0.5) is 5.69 Å². The summed E-state index contributed by atoms with van der Waals surface area (Å²) in [4.78, 5) is 40.1. The van der Waals surface area contributed by atoms with Crippen molar-refractivity contribution in [2.24, 2.45) is 0 Å². The molecule has 7 heteroatoms. The van der Waals surface area contributed by atoms with Crippen molar-refractivity contribution in [2.75, 3.05) is 11.4 Å². The lowest BCUT2D eigenvalue weighted by atomic mass is 9.95. The fourth-order valence-electron chi connectivity index (χ4n) is 3.68. The molecule has 0 fully saturated rings. The lowest BCUT2D eigenvalue weighted by Crippen LogP contribution is -2.39. The molecule has 3 rings (SSSR count). The third-order valence-corrected chi connectivity index (χ3v) is 5.84. The van der Waals surface area contributed by atoms with Crippen LogP contribution >= 0.6 is 11.3 Å². The number of nitrogens with zero attached hydrogens (tertiary/aromatic N) is 1. The minimum Gasteiger partial charge on any atom is -0.350 e. The van der Waals surface area contributed by atoms with Crippen LogP contribution in [-0.2, 0) is 16.0 Å². The SMILES string of the molecule is CC(=O)NC(CC(=O)N1CCCc2c(C(=O)NC(C)C)cccc21)c1cccs1. The van der Waals surface area contributed by atoms with E-state index < -0.39 is 0 Å². The number of thiophene rings is 1. The average molecular weight is 414 g/mol. The van der Waals surface area contributed by atoms with E-state index >= 15 is 0 Å². The Labute approximate surface area is 175 Å². The first-order chi connectivity index (χ1) is 13.9. The van der Waals surface area contributed by atoms with Gasteiger partial charge in [-0.1, -0.05) is 12.1 Å². The van der Waals surface area contributed by atoms with Gasteiger partial charge in [0.05, 0.1) is 12.5 Å². The number of benzene rings is 1. The van der Waals surface area contributed by atoms with Crippen LogP contribution in [-0.4, -0.2) is 30.3 Å². The number of fused-ring (bicyclic) bond motifs is 1. The molecule has 0 bridgehead atoms. The van der Waals surface area contributed by atoms with E-state index in [-0.39, 0.29) is 36.2 Å². The van der Waals surface area contributed by atoms with E-state index in [0.29, 0.717) is 12.1 Å². The Morgan fingerprint density at radius 3 is 2.59 bits per heavy atom. The van der Waals surface area contributed by atoms with E-state index in [1.807, 2.05) is 49.6 Å². The molecule has 1 aliphatic rings. The highest BCUT2D eigenvalue weighted by Crippen LogP contribution is 2.32. The molecule has 0 aliphatic carbocycles. The van der Waals surface area contributed by atoms with Crippen molar-refractivity contribution in [1.82, 2.24) is 10.6 Å². The molecule has 1 aromatic carbocycles. The summed E-state index contributed by atoms with van der Waals surface area (Å²) in [6, 6.07) is 9.07. The minimum atomic E-state index is -0.349. The summed E-state index contributed by atoms with van der Waals surface area (Å²) in [5.74, 6) is -0.330. The lowest BCUT2D eigenvalue weighted by Gasteiger charge is -2.32. The van der Waals surface area contributed by atoms with E-state index in [2.05, 4.69) is 10.6 Å². The molecule has 1 aliphatic heterocycles. The predicted octanol–water partition coefficient (Wildman–Crippen LogP) is 3.43. The van der Waals surface area contributed by atoms with E-state index in [4.69, 9.17) is 0 Å². The Balaban J connectivity index is 1.85. The van der Waals surface area contributed by atoms with Crippen molar-refractivity contribution >= 4 is 34.7 Å². The highest BCUT2D eigenvalue weighted by molar-refractivity contribution is 7.10. The zero-order valence-corrected chi connectivity index (χ0v) is 17.8. The van der Waals surface area contributed by atoms with Gasteiger partial charge in [-0.2, -0.15) is 0 Å². The highest BCUT2D eigenvalue weighted by Gasteiger charge is 2.28. The Kier molecular flexibility index (Phi) is 6.69. The first kappa shape index (κ1) is 21.0. The van der Waals surface area contributed by atoms with Crippen molar-refractivity contribution in [2.45, 2.75) is 52.1 Å². The summed E-state index contributed by atoms with van der Waals surface area (Å²) >= 11 is 1.52. The molecular formula is C22H27N3O3S. The normalized spacial score (nSPS) is 14.3. The van der Waals surface area contributed by atoms with Crippen LogP contribution in [0, 0.1) is 0 Å². The van der Waals surface area contributed by atoms with Gasteiger partial charge in [-0.3, -0.25) is 14.4 Å². The third-order valence-electron chi connectivity index (χ3n) is 4.86. The minimum absolute atomic E-state index is 0.0453. The number of nitrogens with one attached hydrogen (secondary N) is 2. The van der Waals surface area contributed by atoms with Crippen LogP contribution in [0.3, 0.4) is 0 Å². The van der Waals surface area contributed by atoms with Crippen LogP contribution in [0.1, 0.15) is 60.5 Å². The summed E-state index contributed by atoms with van der Waals surface area (Å²) in [7, 11) is 0. The zero-order valence-electron chi connectivity index (χ0n) is 17.0. The molecule has 29 heavy (non-hydrogen) atoms. The van der Waals surface area contributed by atoms with E-state index in [1.54, 1.807) is 4.90 Å². The van der Waals surface area contributed by atoms with Gasteiger partial charge in [-0.15, -0.1) is 11.3 Å². The second kappa shape index (κ2) is 9.22. The van der Waals surface area contributed by atoms with Gasteiger partial charge in [0.1, 0.15) is 0 Å². The zero-order chi connectivity index (χ0) is 21.0. The smallest absolute Gasteiger partial charge is 0.251 e. The van der Waals surface area contributed by atoms with Gasteiger partial charge >= 0.3 is 0 Å². The van der Waals surface area contributed by atoms with E-state index in [0.717, 1.165) is 29.0 Å². The standard InChI is InChI=1S/C22H27N3O3S/c1-14(2)23-22(28)17-7-4-9-19-16(17)8-5-11-25(19)21(27)13-18(24-15(3)26)20-10-6-12-29-20/h4,6-7,9-10,12,14,18H,5,8,11,13H2,1-3H3,(H,23,28)(H,24,26). The van der Waals surface area contributed by atoms with Gasteiger partial charge in [-0.25, -0.2) is 0 Å². The number of hydrogen-bond acceptors (Lipinski definition) is 4. The van der Waals surface area contributed by atoms with Crippen molar-refractivity contribution in [3.8, 4) is 0 Å². The number of carbonyl (C=O) groups excluding carboxylic acids is 3. The van der Waals surface area contributed by atoms with Gasteiger partial charge in [0.15, 0.2) is 0 Å². The summed E-state index contributed by atoms with van der Waals surface area (Å²) in [6.45, 7) is 5.92. The molecule has 6 nitrogen and oxygen atoms in total. The van der Waals surface area contributed by atoms with Gasteiger partial charge in [0.25, 0.3) is 5.91 Å². The molecule has 154 valence electrons. The molecule has 0 spiro atoms. The van der Waals surface area contributed by atoms with Crippen molar-refractivity contribution in [3.63, 3.8) is 0 Å². The monoisotopic (exact) mass is 413 g/mol. The van der Waals surface area contributed by atoms with Crippen LogP contribution < -0.4 is 15.5 Å². The van der Waals surface area contributed by atoms with Crippen LogP contribution in [0.15, 0.2) is 35.7 Å². The largest absolute Gasteiger partial charge is 0.350 e. The predicted molar refractivity (Wildman–Crippen MR) is 115 cm³/mol. The molecule has 3 amide bonds. The summed E-state index contributed by atoms with van der Waals surface area (Å²) in [6.07, 6.45) is 1.75. The molecule has 1 unspecified atom stereocenters. The number of anilines is 1. The molecule has 0 saturated heterocycles. The van der Waals surface area contributed by atoms with Gasteiger partial charge in [-0.05, 0) is 55.8 Å². The Morgan fingerprint density at radius 2 is 1.93 bits per heavy atom. The van der Waals surface area contributed by atoms with Gasteiger partial charge < -0.3 is 15.5 Å². The Bertz CT molecular complexity index is 893. The maximum Gasteiger partial charge on any atom is 0.251 e. The second-order valence-corrected chi connectivity index (χ2v) is 8.53. The van der Waals surface area contributed by atoms with E-state index in [1.165, 1.54) is 18.3 Å². The third kappa shape index (κ3) is 5.03. The van der Waals surface area contributed by atoms with Crippen LogP contribution in [0.25, 0.3) is 0 Å². The molecule has 2 heterocycles. The van der Waals surface area contributed by atoms with Crippen molar-refractivity contribution < 1.29 is 14.4 Å². The van der Waals surface area contributed by atoms with Gasteiger partial charge in [0.2, 0.25) is 11.8 Å². The topological polar surface area (TPSA) is 78.5 Å². The summed E-state index contributed by atoms with van der Waals surface area (Å²) < 4.78 is 0. The molecule has 1 aromatic heterocycles. The number of carbonyl (C=O) groups is 3. The maximum atomic E-state index is 13.2. The average Bonchev–Trinajstić information content (AvgIpc) is 3.20. The fraction of sp³-hybridized carbons (Fsp3) is 0.409. The van der Waals surface area contributed by atoms with Crippen LogP contribution in [0.5, 0.6) is 0 Å². The van der Waals surface area contributed by atoms with Gasteiger partial charge in [0, 0.05) is 35.6 Å². The molecule has 0 radical (unpaired) electrons. The molecule has 0 saturated carbocycles. The van der Waals surface area contributed by atoms with Crippen molar-refractivity contribution in [1.29, 1.82) is 0 Å². The molecular weight excluding hydrogens is 386 g/mol. The van der Waals surface area contributed by atoms with E-state index in [9.17, 15) is 14.4 Å².